The summed E-state index contributed by atoms with van der Waals surface area (Å²) in [6.07, 6.45) is 7.32. The fourth-order valence-electron chi connectivity index (χ4n) is 2.94. The van der Waals surface area contributed by atoms with E-state index in [1.54, 1.807) is 0 Å². The standard InChI is InChI=1S/C12H20N2O2S/c13-9-10-5-4-8-12(10)14-17(15,16)11-6-2-1-3-7-11/h10-12,14H,1-8H2. The van der Waals surface area contributed by atoms with Crippen molar-refractivity contribution < 1.29 is 8.42 Å². The monoisotopic (exact) mass is 256 g/mol. The van der Waals surface area contributed by atoms with Gasteiger partial charge >= 0.3 is 0 Å². The molecule has 1 N–H and O–H groups in total. The van der Waals surface area contributed by atoms with Crippen molar-refractivity contribution in [3.8, 4) is 6.07 Å². The predicted octanol–water partition coefficient (Wildman–Crippen LogP) is 1.93. The topological polar surface area (TPSA) is 70.0 Å². The van der Waals surface area contributed by atoms with E-state index >= 15 is 0 Å². The van der Waals surface area contributed by atoms with Gasteiger partial charge in [-0.25, -0.2) is 13.1 Å². The summed E-state index contributed by atoms with van der Waals surface area (Å²) in [5, 5.41) is 8.73. The first kappa shape index (κ1) is 12.8. The van der Waals surface area contributed by atoms with E-state index in [1.165, 1.54) is 0 Å². The number of nitrogens with zero attached hydrogens (tertiary/aromatic N) is 1. The van der Waals surface area contributed by atoms with Crippen molar-refractivity contribution in [2.75, 3.05) is 0 Å². The van der Waals surface area contributed by atoms with E-state index < -0.39 is 10.0 Å². The predicted molar refractivity (Wildman–Crippen MR) is 65.7 cm³/mol. The smallest absolute Gasteiger partial charge is 0.212 e. The fraction of sp³-hybridized carbons (Fsp3) is 0.917. The molecule has 0 amide bonds. The van der Waals surface area contributed by atoms with Gasteiger partial charge in [0.1, 0.15) is 0 Å². The molecular formula is C12H20N2O2S. The van der Waals surface area contributed by atoms with E-state index in [9.17, 15) is 8.42 Å². The van der Waals surface area contributed by atoms with Crippen LogP contribution in [0.3, 0.4) is 0 Å². The highest BCUT2D eigenvalue weighted by Gasteiger charge is 2.34. The maximum absolute atomic E-state index is 12.2. The SMILES string of the molecule is N#CC1CCCC1NS(=O)(=O)C1CCCCC1. The van der Waals surface area contributed by atoms with Gasteiger partial charge in [-0.1, -0.05) is 25.7 Å². The summed E-state index contributed by atoms with van der Waals surface area (Å²) in [6.45, 7) is 0. The third-order valence-corrected chi connectivity index (χ3v) is 5.97. The van der Waals surface area contributed by atoms with E-state index in [0.717, 1.165) is 51.4 Å². The fourth-order valence-corrected chi connectivity index (χ4v) is 4.79. The van der Waals surface area contributed by atoms with Gasteiger partial charge in [0.15, 0.2) is 0 Å². The molecule has 0 heterocycles. The number of nitriles is 1. The molecule has 4 nitrogen and oxygen atoms in total. The Kier molecular flexibility index (Phi) is 4.05. The number of sulfonamides is 1. The summed E-state index contributed by atoms with van der Waals surface area (Å²) in [6, 6.07) is 2.07. The van der Waals surface area contributed by atoms with Gasteiger partial charge in [0.25, 0.3) is 0 Å². The quantitative estimate of drug-likeness (QED) is 0.838. The first-order valence-electron chi connectivity index (χ1n) is 6.54. The van der Waals surface area contributed by atoms with Crippen molar-refractivity contribution in [1.29, 1.82) is 5.26 Å². The molecule has 2 fully saturated rings. The van der Waals surface area contributed by atoms with Crippen LogP contribution in [0.4, 0.5) is 0 Å². The molecule has 2 aliphatic carbocycles. The molecule has 0 saturated heterocycles. The van der Waals surface area contributed by atoms with Crippen LogP contribution in [0.1, 0.15) is 51.4 Å². The Morgan fingerprint density at radius 1 is 1.00 bits per heavy atom. The van der Waals surface area contributed by atoms with Crippen LogP contribution in [0.15, 0.2) is 0 Å². The van der Waals surface area contributed by atoms with Gasteiger partial charge < -0.3 is 0 Å². The van der Waals surface area contributed by atoms with Crippen LogP contribution in [-0.2, 0) is 10.0 Å². The van der Waals surface area contributed by atoms with Crippen LogP contribution >= 0.6 is 0 Å². The van der Waals surface area contributed by atoms with Crippen LogP contribution < -0.4 is 4.72 Å². The van der Waals surface area contributed by atoms with Gasteiger partial charge in [-0.2, -0.15) is 5.26 Å². The summed E-state index contributed by atoms with van der Waals surface area (Å²) < 4.78 is 27.1. The summed E-state index contributed by atoms with van der Waals surface area (Å²) >= 11 is 0. The first-order valence-corrected chi connectivity index (χ1v) is 8.09. The molecule has 0 spiro atoms. The zero-order chi connectivity index (χ0) is 12.3. The van der Waals surface area contributed by atoms with E-state index in [-0.39, 0.29) is 17.2 Å². The Labute approximate surface area is 103 Å². The Morgan fingerprint density at radius 2 is 1.71 bits per heavy atom. The van der Waals surface area contributed by atoms with Gasteiger partial charge in [-0.05, 0) is 25.7 Å². The van der Waals surface area contributed by atoms with Crippen molar-refractivity contribution in [3.05, 3.63) is 0 Å². The molecule has 0 radical (unpaired) electrons. The lowest BCUT2D eigenvalue weighted by Gasteiger charge is -2.25. The molecule has 2 atom stereocenters. The summed E-state index contributed by atoms with van der Waals surface area (Å²) in [7, 11) is -3.21. The molecule has 96 valence electrons. The average molecular weight is 256 g/mol. The van der Waals surface area contributed by atoms with Gasteiger partial charge in [-0.3, -0.25) is 0 Å². The Balaban J connectivity index is 1.99. The zero-order valence-electron chi connectivity index (χ0n) is 10.1. The summed E-state index contributed by atoms with van der Waals surface area (Å²) in [5.41, 5.74) is 0. The zero-order valence-corrected chi connectivity index (χ0v) is 10.9. The van der Waals surface area contributed by atoms with Gasteiger partial charge in [-0.15, -0.1) is 0 Å². The van der Waals surface area contributed by atoms with E-state index in [1.807, 2.05) is 0 Å². The molecule has 0 aromatic carbocycles. The number of rotatable bonds is 3. The van der Waals surface area contributed by atoms with E-state index in [0.29, 0.717) is 0 Å². The minimum Gasteiger partial charge on any atom is -0.212 e. The third kappa shape index (κ3) is 2.99. The second-order valence-electron chi connectivity index (χ2n) is 5.20. The lowest BCUT2D eigenvalue weighted by Crippen LogP contribution is -2.43. The molecule has 2 saturated carbocycles. The second kappa shape index (κ2) is 5.36. The minimum absolute atomic E-state index is 0.131. The van der Waals surface area contributed by atoms with Crippen molar-refractivity contribution in [1.82, 2.24) is 4.72 Å². The molecule has 0 aromatic rings. The van der Waals surface area contributed by atoms with Crippen LogP contribution in [-0.4, -0.2) is 19.7 Å². The number of nitrogens with one attached hydrogen (secondary N) is 1. The minimum atomic E-state index is -3.21. The normalized spacial score (nSPS) is 31.2. The Morgan fingerprint density at radius 3 is 2.35 bits per heavy atom. The molecule has 17 heavy (non-hydrogen) atoms. The molecule has 2 unspecified atom stereocenters. The average Bonchev–Trinajstić information content (AvgIpc) is 2.77. The first-order chi connectivity index (χ1) is 8.13. The van der Waals surface area contributed by atoms with Crippen molar-refractivity contribution in [2.24, 2.45) is 5.92 Å². The molecule has 5 heteroatoms. The molecule has 2 aliphatic rings. The highest BCUT2D eigenvalue weighted by atomic mass is 32.2. The van der Waals surface area contributed by atoms with Crippen LogP contribution in [0.5, 0.6) is 0 Å². The molecule has 2 rings (SSSR count). The highest BCUT2D eigenvalue weighted by Crippen LogP contribution is 2.28. The molecule has 0 bridgehead atoms. The van der Waals surface area contributed by atoms with Crippen LogP contribution in [0.2, 0.25) is 0 Å². The van der Waals surface area contributed by atoms with E-state index in [4.69, 9.17) is 5.26 Å². The lowest BCUT2D eigenvalue weighted by molar-refractivity contribution is 0.461. The van der Waals surface area contributed by atoms with Crippen molar-refractivity contribution in [3.63, 3.8) is 0 Å². The summed E-state index contributed by atoms with van der Waals surface area (Å²) in [4.78, 5) is 0. The molecule has 0 aliphatic heterocycles. The summed E-state index contributed by atoms with van der Waals surface area (Å²) in [5.74, 6) is -0.131. The van der Waals surface area contributed by atoms with Crippen LogP contribution in [0.25, 0.3) is 0 Å². The van der Waals surface area contributed by atoms with Crippen molar-refractivity contribution >= 4 is 10.0 Å². The van der Waals surface area contributed by atoms with Gasteiger partial charge in [0.05, 0.1) is 17.2 Å². The third-order valence-electron chi connectivity index (χ3n) is 3.99. The van der Waals surface area contributed by atoms with Crippen LogP contribution in [0, 0.1) is 17.2 Å². The Hall–Kier alpha value is -0.600. The maximum Gasteiger partial charge on any atom is 0.214 e. The number of hydrogen-bond acceptors (Lipinski definition) is 3. The van der Waals surface area contributed by atoms with Gasteiger partial charge in [0.2, 0.25) is 10.0 Å². The molecule has 0 aromatic heterocycles. The van der Waals surface area contributed by atoms with E-state index in [2.05, 4.69) is 10.8 Å². The Bertz CT molecular complexity index is 393. The van der Waals surface area contributed by atoms with Crippen molar-refractivity contribution in [2.45, 2.75) is 62.7 Å². The lowest BCUT2D eigenvalue weighted by atomic mass is 10.0. The highest BCUT2D eigenvalue weighted by molar-refractivity contribution is 7.90. The van der Waals surface area contributed by atoms with Gasteiger partial charge in [0, 0.05) is 6.04 Å². The molecular weight excluding hydrogens is 236 g/mol. The maximum atomic E-state index is 12.2. The second-order valence-corrected chi connectivity index (χ2v) is 7.19. The largest absolute Gasteiger partial charge is 0.214 e. The number of hydrogen-bond donors (Lipinski definition) is 1.